The van der Waals surface area contributed by atoms with Crippen molar-refractivity contribution in [2.24, 2.45) is 0 Å². The number of rotatable bonds is 3. The van der Waals surface area contributed by atoms with Crippen molar-refractivity contribution >= 4 is 0 Å². The average molecular weight is 260 g/mol. The molecule has 1 saturated carbocycles. The van der Waals surface area contributed by atoms with E-state index in [1.54, 1.807) is 19.1 Å². The minimum Gasteiger partial charge on any atom is -0.439 e. The summed E-state index contributed by atoms with van der Waals surface area (Å²) in [6, 6.07) is 5.83. The van der Waals surface area contributed by atoms with Gasteiger partial charge in [0, 0.05) is 12.0 Å². The molecule has 3 rings (SSSR count). The number of hydrogen-bond acceptors (Lipinski definition) is 3. The molecule has 1 fully saturated rings. The van der Waals surface area contributed by atoms with Gasteiger partial charge in [-0.15, -0.1) is 0 Å². The third kappa shape index (κ3) is 2.65. The van der Waals surface area contributed by atoms with Crippen LogP contribution in [0.1, 0.15) is 30.1 Å². The Kier molecular flexibility index (Phi) is 2.81. The van der Waals surface area contributed by atoms with Crippen LogP contribution in [0, 0.1) is 12.7 Å². The fourth-order valence-electron chi connectivity index (χ4n) is 1.81. The Hall–Kier alpha value is -2.17. The molecular weight excluding hydrogens is 247 g/mol. The fraction of sp³-hybridized carbons (Fsp3) is 0.286. The third-order valence-corrected chi connectivity index (χ3v) is 3.07. The van der Waals surface area contributed by atoms with Crippen molar-refractivity contribution in [2.75, 3.05) is 0 Å². The summed E-state index contributed by atoms with van der Waals surface area (Å²) in [6.45, 7) is 1.68. The van der Waals surface area contributed by atoms with Gasteiger partial charge in [0.2, 0.25) is 5.88 Å². The molecule has 2 aromatic rings. The lowest BCUT2D eigenvalue weighted by Gasteiger charge is -2.06. The zero-order chi connectivity index (χ0) is 13.4. The van der Waals surface area contributed by atoms with Gasteiger partial charge in [0.1, 0.15) is 17.4 Å². The second-order valence-electron chi connectivity index (χ2n) is 4.76. The average Bonchev–Trinajstić information content (AvgIpc) is 3.17. The number of H-pyrrole nitrogens is 1. The first-order chi connectivity index (χ1) is 9.11. The highest BCUT2D eigenvalue weighted by atomic mass is 19.1. The number of aryl methyl sites for hydroxylation is 1. The number of ether oxygens (including phenoxy) is 1. The summed E-state index contributed by atoms with van der Waals surface area (Å²) >= 11 is 0. The number of nitrogens with zero attached hydrogens (tertiary/aromatic N) is 1. The second kappa shape index (κ2) is 4.50. The molecule has 1 heterocycles. The van der Waals surface area contributed by atoms with Crippen molar-refractivity contribution in [2.45, 2.75) is 25.7 Å². The predicted octanol–water partition coefficient (Wildman–Crippen LogP) is 2.89. The van der Waals surface area contributed by atoms with Gasteiger partial charge in [-0.2, -0.15) is 4.98 Å². The third-order valence-electron chi connectivity index (χ3n) is 3.07. The number of aromatic nitrogens is 2. The highest BCUT2D eigenvalue weighted by molar-refractivity contribution is 5.31. The standard InChI is InChI=1S/C14H13FN2O2/c1-8-2-5-10(6-11(8)15)19-13-7-12(18)16-14(17-13)9-3-4-9/h2,5-7,9H,3-4H2,1H3,(H,16,17,18). The molecule has 0 bridgehead atoms. The molecule has 0 unspecified atom stereocenters. The molecule has 0 amide bonds. The van der Waals surface area contributed by atoms with E-state index in [-0.39, 0.29) is 17.3 Å². The minimum atomic E-state index is -0.343. The van der Waals surface area contributed by atoms with Crippen LogP contribution in [-0.4, -0.2) is 9.97 Å². The highest BCUT2D eigenvalue weighted by Gasteiger charge is 2.26. The number of aromatic amines is 1. The summed E-state index contributed by atoms with van der Waals surface area (Å²) in [5.74, 6) is 1.17. The molecule has 1 aliphatic carbocycles. The van der Waals surface area contributed by atoms with Crippen LogP contribution in [-0.2, 0) is 0 Å². The molecular formula is C14H13FN2O2. The van der Waals surface area contributed by atoms with Gasteiger partial charge in [-0.25, -0.2) is 4.39 Å². The molecule has 0 saturated heterocycles. The van der Waals surface area contributed by atoms with Gasteiger partial charge in [-0.05, 0) is 31.4 Å². The van der Waals surface area contributed by atoms with E-state index in [4.69, 9.17) is 4.74 Å². The zero-order valence-corrected chi connectivity index (χ0v) is 10.4. The van der Waals surface area contributed by atoms with Crippen LogP contribution in [0.25, 0.3) is 0 Å². The summed E-state index contributed by atoms with van der Waals surface area (Å²) in [5, 5.41) is 0. The van der Waals surface area contributed by atoms with Gasteiger partial charge in [0.25, 0.3) is 5.56 Å². The van der Waals surface area contributed by atoms with E-state index in [1.807, 2.05) is 0 Å². The smallest absolute Gasteiger partial charge is 0.254 e. The van der Waals surface area contributed by atoms with Crippen LogP contribution >= 0.6 is 0 Å². The van der Waals surface area contributed by atoms with E-state index in [9.17, 15) is 9.18 Å². The van der Waals surface area contributed by atoms with Crippen molar-refractivity contribution in [3.05, 3.63) is 51.8 Å². The van der Waals surface area contributed by atoms with Crippen LogP contribution in [0.2, 0.25) is 0 Å². The van der Waals surface area contributed by atoms with Crippen LogP contribution in [0.4, 0.5) is 4.39 Å². The van der Waals surface area contributed by atoms with E-state index in [0.29, 0.717) is 23.1 Å². The van der Waals surface area contributed by atoms with Gasteiger partial charge in [-0.1, -0.05) is 6.07 Å². The van der Waals surface area contributed by atoms with E-state index < -0.39 is 0 Å². The molecule has 0 radical (unpaired) electrons. The van der Waals surface area contributed by atoms with Gasteiger partial charge < -0.3 is 9.72 Å². The summed E-state index contributed by atoms with van der Waals surface area (Å²) in [7, 11) is 0. The van der Waals surface area contributed by atoms with Crippen molar-refractivity contribution in [1.82, 2.24) is 9.97 Å². The Morgan fingerprint density at radius 2 is 2.16 bits per heavy atom. The molecule has 0 aliphatic heterocycles. The molecule has 1 aliphatic rings. The quantitative estimate of drug-likeness (QED) is 0.923. The van der Waals surface area contributed by atoms with Crippen LogP contribution in [0.3, 0.4) is 0 Å². The number of halogens is 1. The summed E-state index contributed by atoms with van der Waals surface area (Å²) < 4.78 is 18.9. The van der Waals surface area contributed by atoms with Crippen molar-refractivity contribution in [3.8, 4) is 11.6 Å². The van der Waals surface area contributed by atoms with Gasteiger partial charge in [0.05, 0.1) is 6.07 Å². The molecule has 98 valence electrons. The van der Waals surface area contributed by atoms with Gasteiger partial charge in [0.15, 0.2) is 0 Å². The van der Waals surface area contributed by atoms with Gasteiger partial charge in [-0.3, -0.25) is 4.79 Å². The lowest BCUT2D eigenvalue weighted by molar-refractivity contribution is 0.452. The summed E-state index contributed by atoms with van der Waals surface area (Å²) in [4.78, 5) is 18.4. The minimum absolute atomic E-state index is 0.203. The maximum absolute atomic E-state index is 13.4. The maximum Gasteiger partial charge on any atom is 0.254 e. The van der Waals surface area contributed by atoms with Crippen LogP contribution < -0.4 is 10.3 Å². The number of hydrogen-bond donors (Lipinski definition) is 1. The second-order valence-corrected chi connectivity index (χ2v) is 4.76. The number of benzene rings is 1. The van der Waals surface area contributed by atoms with Crippen LogP contribution in [0.15, 0.2) is 29.1 Å². The topological polar surface area (TPSA) is 55.0 Å². The Labute approximate surface area is 109 Å². The summed E-state index contributed by atoms with van der Waals surface area (Å²) in [5.41, 5.74) is 0.296. The van der Waals surface area contributed by atoms with Gasteiger partial charge >= 0.3 is 0 Å². The largest absolute Gasteiger partial charge is 0.439 e. The Morgan fingerprint density at radius 3 is 2.84 bits per heavy atom. The monoisotopic (exact) mass is 260 g/mol. The van der Waals surface area contributed by atoms with E-state index in [0.717, 1.165) is 12.8 Å². The molecule has 1 aromatic heterocycles. The van der Waals surface area contributed by atoms with E-state index >= 15 is 0 Å². The van der Waals surface area contributed by atoms with Crippen molar-refractivity contribution in [1.29, 1.82) is 0 Å². The van der Waals surface area contributed by atoms with E-state index in [2.05, 4.69) is 9.97 Å². The SMILES string of the molecule is Cc1ccc(Oc2cc(=O)[nH]c(C3CC3)n2)cc1F. The Morgan fingerprint density at radius 1 is 1.37 bits per heavy atom. The Bertz CT molecular complexity index is 677. The molecule has 19 heavy (non-hydrogen) atoms. The molecule has 1 aromatic carbocycles. The lowest BCUT2D eigenvalue weighted by Crippen LogP contribution is -2.10. The first-order valence-corrected chi connectivity index (χ1v) is 6.17. The number of nitrogens with one attached hydrogen (secondary N) is 1. The molecule has 5 heteroatoms. The predicted molar refractivity (Wildman–Crippen MR) is 68.0 cm³/mol. The first-order valence-electron chi connectivity index (χ1n) is 6.17. The Balaban J connectivity index is 1.89. The highest BCUT2D eigenvalue weighted by Crippen LogP contribution is 2.38. The first kappa shape index (κ1) is 11.9. The lowest BCUT2D eigenvalue weighted by atomic mass is 10.2. The molecule has 0 spiro atoms. The van der Waals surface area contributed by atoms with Crippen molar-refractivity contribution < 1.29 is 9.13 Å². The zero-order valence-electron chi connectivity index (χ0n) is 10.4. The van der Waals surface area contributed by atoms with E-state index in [1.165, 1.54) is 12.1 Å². The molecule has 4 nitrogen and oxygen atoms in total. The maximum atomic E-state index is 13.4. The molecule has 1 N–H and O–H groups in total. The van der Waals surface area contributed by atoms with Crippen LogP contribution in [0.5, 0.6) is 11.6 Å². The van der Waals surface area contributed by atoms with Crippen molar-refractivity contribution in [3.63, 3.8) is 0 Å². The summed E-state index contributed by atoms with van der Waals surface area (Å²) in [6.07, 6.45) is 2.07. The molecule has 0 atom stereocenters. The fourth-order valence-corrected chi connectivity index (χ4v) is 1.81. The normalized spacial score (nSPS) is 14.4.